The fraction of sp³-hybridized carbons (Fsp3) is 0.0417. The van der Waals surface area contributed by atoms with Gasteiger partial charge in [0.2, 0.25) is 0 Å². The number of fused-ring (bicyclic) bond motifs is 6. The van der Waals surface area contributed by atoms with E-state index in [1.807, 2.05) is 31.4 Å². The van der Waals surface area contributed by atoms with Crippen molar-refractivity contribution in [3.63, 3.8) is 0 Å². The Kier molecular flexibility index (Phi) is 3.79. The molecule has 0 spiro atoms. The van der Waals surface area contributed by atoms with E-state index in [4.69, 9.17) is 0 Å². The quantitative estimate of drug-likeness (QED) is 0.386. The number of hydrogen-bond acceptors (Lipinski definition) is 3. The highest BCUT2D eigenvalue weighted by Crippen LogP contribution is 2.36. The van der Waals surface area contributed by atoms with Gasteiger partial charge < -0.3 is 9.97 Å². The summed E-state index contributed by atoms with van der Waals surface area (Å²) in [7, 11) is 1.83. The number of benzene rings is 3. The molecule has 3 heterocycles. The maximum absolute atomic E-state index is 14.4. The van der Waals surface area contributed by atoms with Crippen molar-refractivity contribution in [1.82, 2.24) is 24.7 Å². The SMILES string of the molecule is Cn1cc(-c2ccc3c(c2)c2c(=O)[nH]ccc2c2[nH]c(-c4c(F)cccc4F)nc32)cn1. The van der Waals surface area contributed by atoms with E-state index in [-0.39, 0.29) is 16.9 Å². The van der Waals surface area contributed by atoms with Crippen molar-refractivity contribution in [1.29, 1.82) is 0 Å². The monoisotopic (exact) mass is 427 g/mol. The Morgan fingerprint density at radius 3 is 2.53 bits per heavy atom. The Morgan fingerprint density at radius 2 is 1.78 bits per heavy atom. The molecule has 32 heavy (non-hydrogen) atoms. The number of H-pyrrole nitrogens is 2. The zero-order valence-electron chi connectivity index (χ0n) is 16.8. The minimum absolute atomic E-state index is 0.0704. The molecule has 0 atom stereocenters. The lowest BCUT2D eigenvalue weighted by Gasteiger charge is -2.07. The second kappa shape index (κ2) is 6.58. The van der Waals surface area contributed by atoms with Crippen LogP contribution in [0, 0.1) is 11.6 Å². The number of aromatic amines is 2. The van der Waals surface area contributed by atoms with Crippen LogP contribution in [-0.4, -0.2) is 24.7 Å². The number of nitrogens with one attached hydrogen (secondary N) is 2. The standard InChI is InChI=1S/C24H15F2N5O/c1-31-11-13(10-28-31)12-5-6-14-16(9-12)19-15(7-8-27-24(19)32)22-21(14)29-23(30-22)20-17(25)3-2-4-18(20)26/h2-11H,1H3,(H,27,32)(H,29,30). The lowest BCUT2D eigenvalue weighted by molar-refractivity contribution is 0.588. The summed E-state index contributed by atoms with van der Waals surface area (Å²) < 4.78 is 30.6. The van der Waals surface area contributed by atoms with E-state index < -0.39 is 11.6 Å². The van der Waals surface area contributed by atoms with Crippen molar-refractivity contribution in [2.24, 2.45) is 7.05 Å². The fourth-order valence-electron chi connectivity index (χ4n) is 4.27. The summed E-state index contributed by atoms with van der Waals surface area (Å²) in [6, 6.07) is 11.1. The molecule has 0 amide bonds. The van der Waals surface area contributed by atoms with Gasteiger partial charge in [-0.15, -0.1) is 0 Å². The number of hydrogen-bond donors (Lipinski definition) is 2. The van der Waals surface area contributed by atoms with Crippen LogP contribution in [-0.2, 0) is 7.05 Å². The van der Waals surface area contributed by atoms with Crippen molar-refractivity contribution < 1.29 is 8.78 Å². The first-order chi connectivity index (χ1) is 15.5. The lowest BCUT2D eigenvalue weighted by atomic mass is 9.98. The van der Waals surface area contributed by atoms with Crippen LogP contribution >= 0.6 is 0 Å². The topological polar surface area (TPSA) is 79.4 Å². The van der Waals surface area contributed by atoms with Crippen LogP contribution in [0.25, 0.3) is 55.1 Å². The number of aromatic nitrogens is 5. The molecular weight excluding hydrogens is 412 g/mol. The van der Waals surface area contributed by atoms with Gasteiger partial charge in [0, 0.05) is 35.8 Å². The Hall–Kier alpha value is -4.33. The fourth-order valence-corrected chi connectivity index (χ4v) is 4.27. The molecule has 0 saturated heterocycles. The summed E-state index contributed by atoms with van der Waals surface area (Å²) in [5, 5.41) is 6.72. The third-order valence-electron chi connectivity index (χ3n) is 5.72. The molecule has 0 aliphatic heterocycles. The Morgan fingerprint density at radius 1 is 0.969 bits per heavy atom. The van der Waals surface area contributed by atoms with E-state index in [1.54, 1.807) is 23.1 Å². The molecule has 0 bridgehead atoms. The van der Waals surface area contributed by atoms with Crippen molar-refractivity contribution >= 4 is 32.6 Å². The number of aryl methyl sites for hydroxylation is 1. The van der Waals surface area contributed by atoms with Crippen LogP contribution in [0.3, 0.4) is 0 Å². The third kappa shape index (κ3) is 2.59. The average Bonchev–Trinajstić information content (AvgIpc) is 3.40. The maximum atomic E-state index is 14.4. The van der Waals surface area contributed by atoms with Gasteiger partial charge in [0.25, 0.3) is 5.56 Å². The average molecular weight is 427 g/mol. The molecule has 3 aromatic heterocycles. The molecule has 6 aromatic rings. The van der Waals surface area contributed by atoms with E-state index in [0.29, 0.717) is 32.6 Å². The van der Waals surface area contributed by atoms with Crippen molar-refractivity contribution in [3.8, 4) is 22.5 Å². The van der Waals surface area contributed by atoms with Gasteiger partial charge in [-0.3, -0.25) is 9.48 Å². The van der Waals surface area contributed by atoms with Crippen LogP contribution < -0.4 is 5.56 Å². The smallest absolute Gasteiger partial charge is 0.256 e. The van der Waals surface area contributed by atoms with E-state index in [2.05, 4.69) is 20.1 Å². The van der Waals surface area contributed by atoms with E-state index in [0.717, 1.165) is 11.1 Å². The van der Waals surface area contributed by atoms with Crippen molar-refractivity contribution in [3.05, 3.63) is 83.0 Å². The van der Waals surface area contributed by atoms with Gasteiger partial charge in [-0.2, -0.15) is 5.10 Å². The molecule has 0 saturated carbocycles. The summed E-state index contributed by atoms with van der Waals surface area (Å²) in [5.41, 5.74) is 2.39. The van der Waals surface area contributed by atoms with Crippen LogP contribution in [0.4, 0.5) is 8.78 Å². The minimum atomic E-state index is -0.714. The van der Waals surface area contributed by atoms with Crippen molar-refractivity contribution in [2.45, 2.75) is 0 Å². The number of nitrogens with zero attached hydrogens (tertiary/aromatic N) is 3. The first-order valence-electron chi connectivity index (χ1n) is 9.91. The second-order valence-corrected chi connectivity index (χ2v) is 7.66. The van der Waals surface area contributed by atoms with Gasteiger partial charge in [0.1, 0.15) is 17.5 Å². The zero-order valence-corrected chi connectivity index (χ0v) is 16.8. The van der Waals surface area contributed by atoms with E-state index >= 15 is 0 Å². The largest absolute Gasteiger partial charge is 0.337 e. The molecule has 2 N–H and O–H groups in total. The van der Waals surface area contributed by atoms with Gasteiger partial charge in [0.15, 0.2) is 0 Å². The Bertz CT molecular complexity index is 1720. The van der Waals surface area contributed by atoms with E-state index in [1.165, 1.54) is 18.2 Å². The molecule has 0 radical (unpaired) electrons. The predicted molar refractivity (Wildman–Crippen MR) is 119 cm³/mol. The molecule has 6 rings (SSSR count). The van der Waals surface area contributed by atoms with E-state index in [9.17, 15) is 13.6 Å². The maximum Gasteiger partial charge on any atom is 0.256 e. The zero-order chi connectivity index (χ0) is 22.0. The highest BCUT2D eigenvalue weighted by Gasteiger charge is 2.20. The molecule has 0 unspecified atom stereocenters. The van der Waals surface area contributed by atoms with Crippen LogP contribution in [0.5, 0.6) is 0 Å². The van der Waals surface area contributed by atoms with Gasteiger partial charge in [0.05, 0.1) is 28.2 Å². The Labute approximate surface area is 179 Å². The minimum Gasteiger partial charge on any atom is -0.337 e. The summed E-state index contributed by atoms with van der Waals surface area (Å²) in [5.74, 6) is -1.36. The predicted octanol–water partition coefficient (Wildman–Crippen LogP) is 4.90. The lowest BCUT2D eigenvalue weighted by Crippen LogP contribution is -2.05. The van der Waals surface area contributed by atoms with Gasteiger partial charge in [-0.05, 0) is 35.2 Å². The number of halogens is 2. The molecule has 0 aliphatic rings. The summed E-state index contributed by atoms with van der Waals surface area (Å²) in [6.45, 7) is 0. The first-order valence-corrected chi connectivity index (χ1v) is 9.91. The van der Waals surface area contributed by atoms with Gasteiger partial charge in [-0.25, -0.2) is 13.8 Å². The third-order valence-corrected chi connectivity index (χ3v) is 5.72. The summed E-state index contributed by atoms with van der Waals surface area (Å²) in [4.78, 5) is 23.2. The molecule has 3 aromatic carbocycles. The molecular formula is C24H15F2N5O. The number of pyridine rings is 1. The van der Waals surface area contributed by atoms with Crippen LogP contribution in [0.2, 0.25) is 0 Å². The summed E-state index contributed by atoms with van der Waals surface area (Å²) >= 11 is 0. The second-order valence-electron chi connectivity index (χ2n) is 7.66. The molecule has 0 fully saturated rings. The van der Waals surface area contributed by atoms with Gasteiger partial charge >= 0.3 is 0 Å². The highest BCUT2D eigenvalue weighted by atomic mass is 19.1. The first kappa shape index (κ1) is 18.4. The normalized spacial score (nSPS) is 11.7. The molecule has 156 valence electrons. The number of rotatable bonds is 2. The van der Waals surface area contributed by atoms with Crippen molar-refractivity contribution in [2.75, 3.05) is 0 Å². The summed E-state index contributed by atoms with van der Waals surface area (Å²) in [6.07, 6.45) is 5.19. The van der Waals surface area contributed by atoms with Crippen LogP contribution in [0.1, 0.15) is 0 Å². The van der Waals surface area contributed by atoms with Gasteiger partial charge in [-0.1, -0.05) is 18.2 Å². The molecule has 8 heteroatoms. The Balaban J connectivity index is 1.75. The van der Waals surface area contributed by atoms with Crippen LogP contribution in [0.15, 0.2) is 65.8 Å². The molecule has 6 nitrogen and oxygen atoms in total. The number of imidazole rings is 1. The highest BCUT2D eigenvalue weighted by molar-refractivity contribution is 6.23. The molecule has 0 aliphatic carbocycles.